The third-order valence-electron chi connectivity index (χ3n) is 4.28. The number of rotatable bonds is 4. The van der Waals surface area contributed by atoms with Gasteiger partial charge < -0.3 is 19.5 Å². The van der Waals surface area contributed by atoms with Gasteiger partial charge in [0.05, 0.1) is 7.11 Å². The zero-order valence-corrected chi connectivity index (χ0v) is 15.3. The molecule has 140 valence electrons. The zero-order valence-electron chi connectivity index (χ0n) is 15.3. The van der Waals surface area contributed by atoms with Crippen molar-refractivity contribution in [3.8, 4) is 17.2 Å². The molecule has 9 heteroatoms. The minimum atomic E-state index is -0.354. The lowest BCUT2D eigenvalue weighted by molar-refractivity contribution is 0.0938. The van der Waals surface area contributed by atoms with Crippen molar-refractivity contribution in [2.45, 2.75) is 20.4 Å². The van der Waals surface area contributed by atoms with E-state index in [-0.39, 0.29) is 18.3 Å². The Morgan fingerprint density at radius 1 is 1.19 bits per heavy atom. The molecule has 1 aliphatic heterocycles. The van der Waals surface area contributed by atoms with E-state index in [4.69, 9.17) is 14.2 Å². The molecule has 27 heavy (non-hydrogen) atoms. The number of nitrogens with one attached hydrogen (secondary N) is 1. The van der Waals surface area contributed by atoms with Crippen LogP contribution in [0.25, 0.3) is 5.78 Å². The molecule has 4 rings (SSSR count). The second kappa shape index (κ2) is 6.75. The molecular formula is C18H19N5O4. The Labute approximate surface area is 155 Å². The fourth-order valence-corrected chi connectivity index (χ4v) is 3.07. The van der Waals surface area contributed by atoms with Gasteiger partial charge in [0.15, 0.2) is 11.5 Å². The van der Waals surface area contributed by atoms with Gasteiger partial charge in [0.1, 0.15) is 19.0 Å². The molecule has 0 saturated heterocycles. The van der Waals surface area contributed by atoms with Crippen LogP contribution in [-0.2, 0) is 6.54 Å². The number of methoxy groups -OCH3 is 1. The van der Waals surface area contributed by atoms with Crippen LogP contribution in [0.15, 0.2) is 18.2 Å². The van der Waals surface area contributed by atoms with Crippen LogP contribution >= 0.6 is 0 Å². The first kappa shape index (κ1) is 17.1. The fourth-order valence-electron chi connectivity index (χ4n) is 3.07. The molecule has 0 fully saturated rings. The van der Waals surface area contributed by atoms with Gasteiger partial charge in [0, 0.05) is 29.6 Å². The number of benzene rings is 1. The summed E-state index contributed by atoms with van der Waals surface area (Å²) < 4.78 is 18.2. The maximum absolute atomic E-state index is 12.7. The number of amides is 1. The monoisotopic (exact) mass is 369 g/mol. The summed E-state index contributed by atoms with van der Waals surface area (Å²) in [4.78, 5) is 17.0. The second-order valence-electron chi connectivity index (χ2n) is 6.19. The SMILES string of the molecule is COc1cc2c(cc1CNC(=O)c1nnc3nc(C)cc(C)n13)OCCO2. The van der Waals surface area contributed by atoms with Crippen molar-refractivity contribution >= 4 is 11.7 Å². The van der Waals surface area contributed by atoms with E-state index in [1.165, 1.54) is 0 Å². The number of nitrogens with zero attached hydrogens (tertiary/aromatic N) is 4. The van der Waals surface area contributed by atoms with Gasteiger partial charge in [0.25, 0.3) is 11.7 Å². The summed E-state index contributed by atoms with van der Waals surface area (Å²) in [6.45, 7) is 4.98. The van der Waals surface area contributed by atoms with Crippen molar-refractivity contribution in [2.75, 3.05) is 20.3 Å². The average Bonchev–Trinajstić information content (AvgIpc) is 3.09. The van der Waals surface area contributed by atoms with Crippen LogP contribution in [0.2, 0.25) is 0 Å². The Balaban J connectivity index is 1.58. The van der Waals surface area contributed by atoms with E-state index in [0.717, 1.165) is 17.0 Å². The van der Waals surface area contributed by atoms with Gasteiger partial charge in [-0.05, 0) is 26.0 Å². The van der Waals surface area contributed by atoms with Crippen molar-refractivity contribution < 1.29 is 19.0 Å². The van der Waals surface area contributed by atoms with Crippen molar-refractivity contribution in [1.29, 1.82) is 0 Å². The molecule has 1 aliphatic rings. The molecule has 2 aromatic heterocycles. The molecule has 3 aromatic rings. The predicted octanol–water partition coefficient (Wildman–Crippen LogP) is 1.45. The number of hydrogen-bond donors (Lipinski definition) is 1. The molecule has 0 radical (unpaired) electrons. The van der Waals surface area contributed by atoms with Crippen LogP contribution in [0, 0.1) is 13.8 Å². The molecule has 0 atom stereocenters. The van der Waals surface area contributed by atoms with Gasteiger partial charge in [-0.1, -0.05) is 0 Å². The van der Waals surface area contributed by atoms with Crippen molar-refractivity contribution in [3.05, 3.63) is 41.0 Å². The molecule has 1 aromatic carbocycles. The standard InChI is InChI=1S/C18H19N5O4/c1-10-6-11(2)23-16(21-22-18(23)20-10)17(24)19-9-12-7-14-15(8-13(12)25-3)27-5-4-26-14/h6-8H,4-5,9H2,1-3H3,(H,19,24). The molecular weight excluding hydrogens is 350 g/mol. The number of aryl methyl sites for hydroxylation is 2. The van der Waals surface area contributed by atoms with E-state index in [1.807, 2.05) is 26.0 Å². The summed E-state index contributed by atoms with van der Waals surface area (Å²) in [6.07, 6.45) is 0. The van der Waals surface area contributed by atoms with Gasteiger partial charge in [-0.25, -0.2) is 4.98 Å². The topological polar surface area (TPSA) is 99.9 Å². The lowest BCUT2D eigenvalue weighted by Crippen LogP contribution is -2.26. The maximum Gasteiger partial charge on any atom is 0.289 e. The van der Waals surface area contributed by atoms with Crippen LogP contribution in [-0.4, -0.2) is 45.8 Å². The quantitative estimate of drug-likeness (QED) is 0.743. The fraction of sp³-hybridized carbons (Fsp3) is 0.333. The van der Waals surface area contributed by atoms with Crippen LogP contribution in [0.3, 0.4) is 0 Å². The highest BCUT2D eigenvalue weighted by molar-refractivity contribution is 5.91. The molecule has 0 unspecified atom stereocenters. The smallest absolute Gasteiger partial charge is 0.289 e. The highest BCUT2D eigenvalue weighted by atomic mass is 16.6. The average molecular weight is 369 g/mol. The number of aromatic nitrogens is 4. The Morgan fingerprint density at radius 2 is 1.93 bits per heavy atom. The number of carbonyl (C=O) groups excluding carboxylic acids is 1. The van der Waals surface area contributed by atoms with Crippen LogP contribution < -0.4 is 19.5 Å². The van der Waals surface area contributed by atoms with Gasteiger partial charge in [-0.2, -0.15) is 0 Å². The van der Waals surface area contributed by atoms with Gasteiger partial charge >= 0.3 is 0 Å². The first-order valence-electron chi connectivity index (χ1n) is 8.51. The van der Waals surface area contributed by atoms with E-state index >= 15 is 0 Å². The Kier molecular flexibility index (Phi) is 4.27. The third kappa shape index (κ3) is 3.12. The molecule has 1 amide bonds. The normalized spacial score (nSPS) is 12.9. The molecule has 9 nitrogen and oxygen atoms in total. The molecule has 0 bridgehead atoms. The van der Waals surface area contributed by atoms with E-state index in [9.17, 15) is 4.79 Å². The third-order valence-corrected chi connectivity index (χ3v) is 4.28. The van der Waals surface area contributed by atoms with Gasteiger partial charge in [-0.3, -0.25) is 9.20 Å². The van der Waals surface area contributed by atoms with E-state index in [0.29, 0.717) is 36.2 Å². The van der Waals surface area contributed by atoms with Gasteiger partial charge in [-0.15, -0.1) is 10.2 Å². The highest BCUT2D eigenvalue weighted by Crippen LogP contribution is 2.36. The first-order chi connectivity index (χ1) is 13.1. The minimum absolute atomic E-state index is 0.187. The molecule has 0 aliphatic carbocycles. The molecule has 0 saturated carbocycles. The highest BCUT2D eigenvalue weighted by Gasteiger charge is 2.20. The lowest BCUT2D eigenvalue weighted by atomic mass is 10.1. The molecule has 0 spiro atoms. The summed E-state index contributed by atoms with van der Waals surface area (Å²) in [5, 5.41) is 10.8. The van der Waals surface area contributed by atoms with Crippen molar-refractivity contribution in [1.82, 2.24) is 24.9 Å². The number of fused-ring (bicyclic) bond motifs is 2. The van der Waals surface area contributed by atoms with Gasteiger partial charge in [0.2, 0.25) is 5.82 Å². The number of hydrogen-bond acceptors (Lipinski definition) is 7. The van der Waals surface area contributed by atoms with Crippen LogP contribution in [0.5, 0.6) is 17.2 Å². The van der Waals surface area contributed by atoms with E-state index in [1.54, 1.807) is 17.6 Å². The van der Waals surface area contributed by atoms with Crippen molar-refractivity contribution in [2.24, 2.45) is 0 Å². The summed E-state index contributed by atoms with van der Waals surface area (Å²) in [6, 6.07) is 5.45. The van der Waals surface area contributed by atoms with E-state index in [2.05, 4.69) is 20.5 Å². The zero-order chi connectivity index (χ0) is 19.0. The minimum Gasteiger partial charge on any atom is -0.496 e. The Hall–Kier alpha value is -3.36. The molecule has 3 heterocycles. The maximum atomic E-state index is 12.7. The Morgan fingerprint density at radius 3 is 2.67 bits per heavy atom. The number of ether oxygens (including phenoxy) is 3. The van der Waals surface area contributed by atoms with Crippen LogP contribution in [0.1, 0.15) is 27.6 Å². The summed E-state index contributed by atoms with van der Waals surface area (Å²) >= 11 is 0. The number of carbonyl (C=O) groups is 1. The summed E-state index contributed by atoms with van der Waals surface area (Å²) in [7, 11) is 1.57. The van der Waals surface area contributed by atoms with Crippen LogP contribution in [0.4, 0.5) is 0 Å². The summed E-state index contributed by atoms with van der Waals surface area (Å²) in [5.74, 6) is 2.11. The predicted molar refractivity (Wildman–Crippen MR) is 95.4 cm³/mol. The lowest BCUT2D eigenvalue weighted by Gasteiger charge is -2.20. The van der Waals surface area contributed by atoms with Crippen molar-refractivity contribution in [3.63, 3.8) is 0 Å². The van der Waals surface area contributed by atoms with E-state index < -0.39 is 0 Å². The largest absolute Gasteiger partial charge is 0.496 e. The first-order valence-corrected chi connectivity index (χ1v) is 8.51. The Bertz CT molecular complexity index is 1030. The second-order valence-corrected chi connectivity index (χ2v) is 6.19. The molecule has 1 N–H and O–H groups in total. The summed E-state index contributed by atoms with van der Waals surface area (Å²) in [5.41, 5.74) is 2.43.